The molecule has 0 aliphatic heterocycles. The fourth-order valence-corrected chi connectivity index (χ4v) is 0.408. The van der Waals surface area contributed by atoms with Gasteiger partial charge >= 0.3 is 5.97 Å². The van der Waals surface area contributed by atoms with Gasteiger partial charge in [-0.3, -0.25) is 4.79 Å². The van der Waals surface area contributed by atoms with Crippen LogP contribution in [0.25, 0.3) is 0 Å². The maximum atomic E-state index is 10.3. The Labute approximate surface area is 88.7 Å². The zero-order chi connectivity index (χ0) is 12.1. The number of esters is 1. The number of aliphatic hydroxyl groups excluding tert-OH is 1. The molecule has 0 aromatic carbocycles. The number of ether oxygens (including phenoxy) is 1. The van der Waals surface area contributed by atoms with Crippen molar-refractivity contribution in [2.24, 2.45) is 0 Å². The van der Waals surface area contributed by atoms with Gasteiger partial charge in [-0.2, -0.15) is 0 Å². The highest BCUT2D eigenvalue weighted by Gasteiger charge is 1.86. The van der Waals surface area contributed by atoms with Gasteiger partial charge < -0.3 is 15.2 Å². The van der Waals surface area contributed by atoms with E-state index in [1.807, 2.05) is 0 Å². The van der Waals surface area contributed by atoms with Gasteiger partial charge in [0, 0.05) is 6.08 Å². The minimum absolute atomic E-state index is 0.329. The van der Waals surface area contributed by atoms with E-state index in [1.54, 1.807) is 13.0 Å². The van der Waals surface area contributed by atoms with Crippen LogP contribution in [0.5, 0.6) is 0 Å². The molecule has 2 N–H and O–H groups in total. The van der Waals surface area contributed by atoms with Crippen LogP contribution in [0.15, 0.2) is 37.6 Å². The molecule has 0 aromatic heterocycles. The molecule has 5 heteroatoms. The van der Waals surface area contributed by atoms with Gasteiger partial charge in [-0.25, -0.2) is 4.79 Å². The lowest BCUT2D eigenvalue weighted by Gasteiger charge is -1.89. The Morgan fingerprint density at radius 3 is 2.33 bits per heavy atom. The zero-order valence-corrected chi connectivity index (χ0v) is 8.60. The van der Waals surface area contributed by atoms with Crippen LogP contribution in [0.1, 0.15) is 6.92 Å². The number of carbonyl (C=O) groups is 2. The first-order valence-electron chi connectivity index (χ1n) is 4.07. The van der Waals surface area contributed by atoms with Gasteiger partial charge in [0.05, 0.1) is 6.26 Å². The molecule has 0 bridgehead atoms. The lowest BCUT2D eigenvalue weighted by Crippen LogP contribution is -2.20. The van der Waals surface area contributed by atoms with E-state index in [-0.39, 0.29) is 18.6 Å². The Kier molecular flexibility index (Phi) is 12.6. The summed E-state index contributed by atoms with van der Waals surface area (Å²) in [7, 11) is 0. The fraction of sp³-hybridized carbons (Fsp3) is 0.200. The Bertz CT molecular complexity index is 246. The number of nitrogens with one attached hydrogen (secondary N) is 1. The summed E-state index contributed by atoms with van der Waals surface area (Å²) in [5.74, 6) is -0.745. The largest absolute Gasteiger partial charge is 0.432 e. The van der Waals surface area contributed by atoms with Gasteiger partial charge in [-0.1, -0.05) is 19.2 Å². The van der Waals surface area contributed by atoms with Crippen molar-refractivity contribution in [3.8, 4) is 0 Å². The Balaban J connectivity index is 0. The van der Waals surface area contributed by atoms with E-state index in [2.05, 4.69) is 23.2 Å². The Morgan fingerprint density at radius 1 is 1.47 bits per heavy atom. The van der Waals surface area contributed by atoms with E-state index in [4.69, 9.17) is 5.11 Å². The highest BCUT2D eigenvalue weighted by atomic mass is 16.5. The second-order valence-electron chi connectivity index (χ2n) is 2.01. The van der Waals surface area contributed by atoms with Crippen molar-refractivity contribution in [2.45, 2.75) is 6.92 Å². The fourth-order valence-electron chi connectivity index (χ4n) is 0.408. The van der Waals surface area contributed by atoms with Crippen molar-refractivity contribution in [1.29, 1.82) is 0 Å². The van der Waals surface area contributed by atoms with Crippen molar-refractivity contribution in [3.05, 3.63) is 37.6 Å². The van der Waals surface area contributed by atoms with Crippen LogP contribution in [0.4, 0.5) is 0 Å². The first kappa shape index (κ1) is 15.6. The molecule has 0 unspecified atom stereocenters. The molecule has 15 heavy (non-hydrogen) atoms. The summed E-state index contributed by atoms with van der Waals surface area (Å²) >= 11 is 0. The van der Waals surface area contributed by atoms with Crippen LogP contribution >= 0.6 is 0 Å². The Morgan fingerprint density at radius 2 is 2.07 bits per heavy atom. The lowest BCUT2D eigenvalue weighted by molar-refractivity contribution is -0.132. The van der Waals surface area contributed by atoms with Crippen molar-refractivity contribution < 1.29 is 19.4 Å². The molecule has 0 aliphatic carbocycles. The summed E-state index contributed by atoms with van der Waals surface area (Å²) in [6, 6.07) is 0. The minimum atomic E-state index is -0.387. The SMILES string of the molecule is C=CC(=O)NCO.C=COC(=O)C=CC. The number of amides is 1. The number of allylic oxidation sites excluding steroid dienone is 1. The number of rotatable bonds is 4. The van der Waals surface area contributed by atoms with Crippen LogP contribution in [-0.4, -0.2) is 23.7 Å². The van der Waals surface area contributed by atoms with Gasteiger partial charge in [0.15, 0.2) is 0 Å². The van der Waals surface area contributed by atoms with Crippen molar-refractivity contribution in [1.82, 2.24) is 5.32 Å². The molecule has 0 saturated heterocycles. The maximum Gasteiger partial charge on any atom is 0.335 e. The van der Waals surface area contributed by atoms with Crippen LogP contribution in [0.2, 0.25) is 0 Å². The second kappa shape index (κ2) is 12.1. The molecule has 84 valence electrons. The van der Waals surface area contributed by atoms with E-state index < -0.39 is 0 Å². The lowest BCUT2D eigenvalue weighted by atomic mass is 10.5. The van der Waals surface area contributed by atoms with Crippen LogP contribution in [0.3, 0.4) is 0 Å². The molecule has 0 aliphatic rings. The third-order valence-electron chi connectivity index (χ3n) is 0.941. The average molecular weight is 213 g/mol. The molecule has 0 spiro atoms. The molecule has 0 fully saturated rings. The average Bonchev–Trinajstić information content (AvgIpc) is 2.20. The summed E-state index contributed by atoms with van der Waals surface area (Å²) in [5, 5.41) is 10.1. The number of aliphatic hydroxyl groups is 1. The van der Waals surface area contributed by atoms with Gasteiger partial charge in [0.2, 0.25) is 5.91 Å². The minimum Gasteiger partial charge on any atom is -0.432 e. The molecule has 1 amide bonds. The number of hydrogen-bond donors (Lipinski definition) is 2. The maximum absolute atomic E-state index is 10.3. The third kappa shape index (κ3) is 14.9. The van der Waals surface area contributed by atoms with E-state index in [0.29, 0.717) is 0 Å². The standard InChI is InChI=1S/C6H8O2.C4H7NO2/c1-3-5-6(7)8-4-2;1-2-4(7)5-3-6/h3-5H,2H2,1H3;2,6H,1,3H2,(H,5,7). The molecule has 0 saturated carbocycles. The summed E-state index contributed by atoms with van der Waals surface area (Å²) in [6.07, 6.45) is 5.12. The predicted octanol–water partition coefficient (Wildman–Crippen LogP) is 0.488. The topological polar surface area (TPSA) is 75.6 Å². The highest BCUT2D eigenvalue weighted by molar-refractivity contribution is 5.86. The molecule has 0 radical (unpaired) electrons. The molecule has 5 nitrogen and oxygen atoms in total. The zero-order valence-electron chi connectivity index (χ0n) is 8.60. The first-order valence-corrected chi connectivity index (χ1v) is 4.07. The van der Waals surface area contributed by atoms with Crippen LogP contribution < -0.4 is 5.32 Å². The quantitative estimate of drug-likeness (QED) is 0.308. The smallest absolute Gasteiger partial charge is 0.335 e. The van der Waals surface area contributed by atoms with Gasteiger partial charge in [-0.15, -0.1) is 0 Å². The van der Waals surface area contributed by atoms with Crippen molar-refractivity contribution >= 4 is 11.9 Å². The molecule has 0 aromatic rings. The summed E-state index contributed by atoms with van der Waals surface area (Å²) in [4.78, 5) is 20.3. The van der Waals surface area contributed by atoms with Crippen LogP contribution in [0, 0.1) is 0 Å². The molecule has 0 atom stereocenters. The van der Waals surface area contributed by atoms with E-state index in [0.717, 1.165) is 12.3 Å². The third-order valence-corrected chi connectivity index (χ3v) is 0.941. The van der Waals surface area contributed by atoms with Gasteiger partial charge in [0.1, 0.15) is 6.73 Å². The number of hydrogen-bond acceptors (Lipinski definition) is 4. The molecular weight excluding hydrogens is 198 g/mol. The second-order valence-corrected chi connectivity index (χ2v) is 2.01. The molecule has 0 heterocycles. The summed E-state index contributed by atoms with van der Waals surface area (Å²) in [5.41, 5.74) is 0. The highest BCUT2D eigenvalue weighted by Crippen LogP contribution is 1.78. The van der Waals surface area contributed by atoms with E-state index >= 15 is 0 Å². The van der Waals surface area contributed by atoms with Crippen molar-refractivity contribution in [2.75, 3.05) is 6.73 Å². The molecule has 0 rings (SSSR count). The predicted molar refractivity (Wildman–Crippen MR) is 56.5 cm³/mol. The van der Waals surface area contributed by atoms with E-state index in [1.165, 1.54) is 6.08 Å². The normalized spacial score (nSPS) is 8.40. The van der Waals surface area contributed by atoms with Gasteiger partial charge in [-0.05, 0) is 13.0 Å². The first-order chi connectivity index (χ1) is 7.12. The van der Waals surface area contributed by atoms with Crippen LogP contribution in [-0.2, 0) is 14.3 Å². The van der Waals surface area contributed by atoms with Crippen molar-refractivity contribution in [3.63, 3.8) is 0 Å². The monoisotopic (exact) mass is 213 g/mol. The molecular formula is C10H15NO4. The summed E-state index contributed by atoms with van der Waals surface area (Å²) in [6.45, 7) is 7.77. The summed E-state index contributed by atoms with van der Waals surface area (Å²) < 4.78 is 4.32. The van der Waals surface area contributed by atoms with E-state index in [9.17, 15) is 9.59 Å². The van der Waals surface area contributed by atoms with Gasteiger partial charge in [0.25, 0.3) is 0 Å². The Hall–Kier alpha value is -1.88. The number of carbonyl (C=O) groups excluding carboxylic acids is 2.